The molecule has 2 saturated heterocycles. The number of hydrogen-bond donors (Lipinski definition) is 1. The van der Waals surface area contributed by atoms with E-state index in [4.69, 9.17) is 9.57 Å². The lowest BCUT2D eigenvalue weighted by molar-refractivity contribution is -0.200. The van der Waals surface area contributed by atoms with Crippen LogP contribution in [-0.4, -0.2) is 61.9 Å². The number of carbonyl (C=O) groups excluding carboxylic acids is 2. The lowest BCUT2D eigenvalue weighted by Gasteiger charge is -2.31. The number of pyridine rings is 1. The predicted octanol–water partition coefficient (Wildman–Crippen LogP) is 2.96. The van der Waals surface area contributed by atoms with Gasteiger partial charge in [-0.15, -0.1) is 11.3 Å². The Morgan fingerprint density at radius 1 is 1.26 bits per heavy atom. The fourth-order valence-electron chi connectivity index (χ4n) is 4.38. The average Bonchev–Trinajstić information content (AvgIpc) is 3.24. The number of hydroxylamine groups is 1. The lowest BCUT2D eigenvalue weighted by Crippen LogP contribution is -2.43. The molecule has 2 aliphatic rings. The maximum atomic E-state index is 13.7. The van der Waals surface area contributed by atoms with Crippen molar-refractivity contribution in [1.82, 2.24) is 15.4 Å². The van der Waals surface area contributed by atoms with Crippen LogP contribution in [0.25, 0.3) is 0 Å². The monoisotopic (exact) mass is 585 g/mol. The van der Waals surface area contributed by atoms with E-state index in [0.717, 1.165) is 16.6 Å². The second-order valence-electron chi connectivity index (χ2n) is 8.66. The number of ether oxygens (including phenoxy) is 1. The number of rotatable bonds is 7. The Hall–Kier alpha value is -1.86. The van der Waals surface area contributed by atoms with Crippen molar-refractivity contribution in [3.05, 3.63) is 50.9 Å². The van der Waals surface area contributed by atoms with E-state index >= 15 is 0 Å². The molecular weight excluding hydrogens is 558 g/mol. The van der Waals surface area contributed by atoms with Crippen LogP contribution in [0.1, 0.15) is 42.7 Å². The van der Waals surface area contributed by atoms with Crippen molar-refractivity contribution in [2.45, 2.75) is 49.6 Å². The molecule has 4 heterocycles. The quantitative estimate of drug-likeness (QED) is 0.497. The average molecular weight is 587 g/mol. The maximum absolute atomic E-state index is 13.7. The Bertz CT molecular complexity index is 1140. The van der Waals surface area contributed by atoms with E-state index in [1.807, 2.05) is 0 Å². The number of carbonyl (C=O) groups is 2. The molecule has 0 aliphatic carbocycles. The first-order chi connectivity index (χ1) is 16.8. The molecule has 0 aromatic carbocycles. The molecule has 2 aliphatic heterocycles. The first kappa shape index (κ1) is 26.2. The standard InChI is InChI=1S/C23H28BrN3O6S2/c24-19-8-7-18(34-19)23(16-20(28)26-33-22-6-2-4-13-32-22)9-11-27(12-14-35(23,30)31)21(29)15-17-5-1-3-10-25-17/h1,3,5,7-8,10,22H,2,4,6,9,11-16H2,(H,26,28). The van der Waals surface area contributed by atoms with Crippen LogP contribution in [0.15, 0.2) is 40.3 Å². The highest BCUT2D eigenvalue weighted by Gasteiger charge is 2.50. The first-order valence-corrected chi connectivity index (χ1v) is 14.8. The van der Waals surface area contributed by atoms with Gasteiger partial charge in [0, 0.05) is 42.9 Å². The van der Waals surface area contributed by atoms with Gasteiger partial charge in [0.2, 0.25) is 11.8 Å². The molecule has 12 heteroatoms. The molecule has 2 aromatic rings. The summed E-state index contributed by atoms with van der Waals surface area (Å²) in [5, 5.41) is 0. The molecule has 0 spiro atoms. The molecule has 0 bridgehead atoms. The number of nitrogens with zero attached hydrogens (tertiary/aromatic N) is 2. The number of aromatic nitrogens is 1. The molecule has 0 saturated carbocycles. The topological polar surface area (TPSA) is 115 Å². The summed E-state index contributed by atoms with van der Waals surface area (Å²) in [6.45, 7) is 0.834. The smallest absolute Gasteiger partial charge is 0.245 e. The largest absolute Gasteiger partial charge is 0.350 e. The highest BCUT2D eigenvalue weighted by molar-refractivity contribution is 9.11. The molecule has 190 valence electrons. The third-order valence-electron chi connectivity index (χ3n) is 6.33. The van der Waals surface area contributed by atoms with E-state index in [9.17, 15) is 18.0 Å². The first-order valence-electron chi connectivity index (χ1n) is 11.5. The summed E-state index contributed by atoms with van der Waals surface area (Å²) >= 11 is 4.70. The van der Waals surface area contributed by atoms with Gasteiger partial charge < -0.3 is 9.64 Å². The van der Waals surface area contributed by atoms with Crippen molar-refractivity contribution in [3.8, 4) is 0 Å². The van der Waals surface area contributed by atoms with Crippen LogP contribution in [-0.2, 0) is 40.2 Å². The van der Waals surface area contributed by atoms with E-state index in [2.05, 4.69) is 26.4 Å². The number of sulfone groups is 1. The Kier molecular flexibility index (Phi) is 8.59. The molecule has 2 fully saturated rings. The number of nitrogens with one attached hydrogen (secondary N) is 1. The Labute approximate surface area is 217 Å². The zero-order valence-electron chi connectivity index (χ0n) is 19.2. The van der Waals surface area contributed by atoms with Crippen molar-refractivity contribution in [2.75, 3.05) is 25.4 Å². The molecule has 0 radical (unpaired) electrons. The van der Waals surface area contributed by atoms with Crippen molar-refractivity contribution in [3.63, 3.8) is 0 Å². The molecule has 2 atom stereocenters. The van der Waals surface area contributed by atoms with Crippen LogP contribution in [0.2, 0.25) is 0 Å². The number of amides is 2. The second-order valence-corrected chi connectivity index (χ2v) is 13.5. The Morgan fingerprint density at radius 3 is 2.80 bits per heavy atom. The van der Waals surface area contributed by atoms with Gasteiger partial charge in [0.05, 0.1) is 22.4 Å². The second kappa shape index (κ2) is 11.5. The molecular formula is C23H28BrN3O6S2. The molecule has 1 N–H and O–H groups in total. The normalized spacial score (nSPS) is 24.5. The summed E-state index contributed by atoms with van der Waals surface area (Å²) in [6, 6.07) is 8.85. The number of thiophene rings is 1. The van der Waals surface area contributed by atoms with Crippen molar-refractivity contribution in [2.24, 2.45) is 0 Å². The van der Waals surface area contributed by atoms with E-state index in [1.165, 1.54) is 11.3 Å². The fraction of sp³-hybridized carbons (Fsp3) is 0.522. The molecule has 35 heavy (non-hydrogen) atoms. The van der Waals surface area contributed by atoms with Gasteiger partial charge in [0.1, 0.15) is 4.75 Å². The van der Waals surface area contributed by atoms with E-state index < -0.39 is 26.8 Å². The zero-order valence-corrected chi connectivity index (χ0v) is 22.4. The summed E-state index contributed by atoms with van der Waals surface area (Å²) in [5.41, 5.74) is 3.03. The maximum Gasteiger partial charge on any atom is 0.245 e. The Morgan fingerprint density at radius 2 is 2.11 bits per heavy atom. The summed E-state index contributed by atoms with van der Waals surface area (Å²) in [6.07, 6.45) is 3.51. The molecule has 9 nitrogen and oxygen atoms in total. The zero-order chi connectivity index (χ0) is 24.9. The fourth-order valence-corrected chi connectivity index (χ4v) is 8.36. The van der Waals surface area contributed by atoms with Gasteiger partial charge >= 0.3 is 0 Å². The minimum Gasteiger partial charge on any atom is -0.350 e. The molecule has 2 amide bonds. The van der Waals surface area contributed by atoms with Crippen LogP contribution in [0.5, 0.6) is 0 Å². The Balaban J connectivity index is 1.53. The van der Waals surface area contributed by atoms with Gasteiger partial charge in [-0.1, -0.05) is 6.07 Å². The number of halogens is 1. The number of hydrogen-bond acceptors (Lipinski definition) is 8. The van der Waals surface area contributed by atoms with Crippen LogP contribution in [0.4, 0.5) is 0 Å². The van der Waals surface area contributed by atoms with Gasteiger partial charge in [-0.25, -0.2) is 18.7 Å². The van der Waals surface area contributed by atoms with Gasteiger partial charge in [-0.2, -0.15) is 0 Å². The summed E-state index contributed by atoms with van der Waals surface area (Å²) in [4.78, 5) is 37.6. The van der Waals surface area contributed by atoms with E-state index in [0.29, 0.717) is 23.6 Å². The lowest BCUT2D eigenvalue weighted by atomic mass is 9.97. The minimum atomic E-state index is -3.81. The minimum absolute atomic E-state index is 0.0658. The van der Waals surface area contributed by atoms with Crippen LogP contribution in [0, 0.1) is 0 Å². The highest BCUT2D eigenvalue weighted by atomic mass is 79.9. The van der Waals surface area contributed by atoms with Crippen molar-refractivity contribution < 1.29 is 27.6 Å². The summed E-state index contributed by atoms with van der Waals surface area (Å²) in [5.74, 6) is -0.971. The van der Waals surface area contributed by atoms with Crippen molar-refractivity contribution >= 4 is 48.9 Å². The van der Waals surface area contributed by atoms with Gasteiger partial charge in [0.25, 0.3) is 0 Å². The van der Waals surface area contributed by atoms with Gasteiger partial charge in [0.15, 0.2) is 16.1 Å². The third-order valence-corrected chi connectivity index (χ3v) is 10.8. The molecule has 2 aromatic heterocycles. The van der Waals surface area contributed by atoms with Crippen LogP contribution >= 0.6 is 27.3 Å². The van der Waals surface area contributed by atoms with Crippen LogP contribution < -0.4 is 5.48 Å². The van der Waals surface area contributed by atoms with Gasteiger partial charge in [-0.05, 0) is 59.5 Å². The third kappa shape index (κ3) is 6.29. The molecule has 4 rings (SSSR count). The SMILES string of the molecule is O=C(CC1(c2ccc(Br)s2)CCN(C(=O)Cc2ccccn2)CCS1(=O)=O)NOC1CCCCO1. The summed E-state index contributed by atoms with van der Waals surface area (Å²) < 4.78 is 32.2. The molecule has 2 unspecified atom stereocenters. The van der Waals surface area contributed by atoms with Crippen molar-refractivity contribution in [1.29, 1.82) is 0 Å². The predicted molar refractivity (Wildman–Crippen MR) is 134 cm³/mol. The van der Waals surface area contributed by atoms with E-state index in [1.54, 1.807) is 41.4 Å². The highest BCUT2D eigenvalue weighted by Crippen LogP contribution is 2.44. The van der Waals surface area contributed by atoms with E-state index in [-0.39, 0.29) is 44.0 Å². The van der Waals surface area contributed by atoms with Gasteiger partial charge in [-0.3, -0.25) is 14.6 Å². The summed E-state index contributed by atoms with van der Waals surface area (Å²) in [7, 11) is -3.81. The van der Waals surface area contributed by atoms with Crippen LogP contribution in [0.3, 0.4) is 0 Å².